The maximum absolute atomic E-state index is 10.1. The van der Waals surface area contributed by atoms with E-state index in [9.17, 15) is 9.70 Å². The molecule has 0 aromatic rings. The molecule has 6 heteroatoms. The van der Waals surface area contributed by atoms with Gasteiger partial charge in [-0.05, 0) is 13.8 Å². The second kappa shape index (κ2) is 5.37. The number of carboxylic acids is 1. The molecule has 0 saturated carbocycles. The fourth-order valence-corrected chi connectivity index (χ4v) is 0.887. The van der Waals surface area contributed by atoms with E-state index in [1.165, 1.54) is 0 Å². The molecule has 0 aliphatic rings. The lowest BCUT2D eigenvalue weighted by Crippen LogP contribution is -2.18. The molecular weight excluding hydrogens is 190 g/mol. The largest absolute Gasteiger partial charge is 0.481 e. The van der Waals surface area contributed by atoms with Crippen LogP contribution in [0.2, 0.25) is 0 Å². The Kier molecular flexibility index (Phi) is 6.50. The Labute approximate surface area is 75.3 Å². The van der Waals surface area contributed by atoms with E-state index in [4.69, 9.17) is 5.11 Å². The Bertz CT molecular complexity index is 151. The summed E-state index contributed by atoms with van der Waals surface area (Å²) in [6.45, 7) is 3.32. The van der Waals surface area contributed by atoms with E-state index in [1.54, 1.807) is 13.8 Å². The van der Waals surface area contributed by atoms with Gasteiger partial charge in [0.2, 0.25) is 0 Å². The number of nitrogens with zero attached hydrogens (tertiary/aromatic N) is 1. The fraction of sp³-hybridized carbons (Fsp3) is 0.800. The summed E-state index contributed by atoms with van der Waals surface area (Å²) in [5.41, 5.74) is 0. The van der Waals surface area contributed by atoms with Crippen molar-refractivity contribution >= 4 is 30.3 Å². The van der Waals surface area contributed by atoms with Crippen LogP contribution in [0, 0.1) is 4.91 Å². The van der Waals surface area contributed by atoms with Crippen molar-refractivity contribution in [3.05, 3.63) is 4.91 Å². The normalized spacial score (nSPS) is 10.0. The van der Waals surface area contributed by atoms with Gasteiger partial charge in [0.1, 0.15) is 0 Å². The molecule has 0 saturated heterocycles. The Morgan fingerprint density at radius 1 is 1.64 bits per heavy atom. The zero-order chi connectivity index (χ0) is 8.20. The molecule has 0 aliphatic heterocycles. The molecule has 1 N–H and O–H groups in total. The maximum Gasteiger partial charge on any atom is 0.304 e. The van der Waals surface area contributed by atoms with Gasteiger partial charge in [-0.25, -0.2) is 0 Å². The maximum atomic E-state index is 10.1. The van der Waals surface area contributed by atoms with Crippen molar-refractivity contribution in [1.29, 1.82) is 0 Å². The van der Waals surface area contributed by atoms with Crippen LogP contribution in [0.5, 0.6) is 0 Å². The molecule has 0 fully saturated rings. The number of aliphatic carboxylic acids is 1. The van der Waals surface area contributed by atoms with Gasteiger partial charge >= 0.3 is 5.97 Å². The second-order valence-electron chi connectivity index (χ2n) is 2.50. The van der Waals surface area contributed by atoms with E-state index in [0.29, 0.717) is 0 Å². The standard InChI is InChI=1S/C5H9NO3S.ClH/c1-5(2,10-6-9)3-4(7)8;/h3H2,1-2H3,(H,7,8);1H. The lowest BCUT2D eigenvalue weighted by Gasteiger charge is -2.15. The molecular formula is C5H10ClNO3S. The zero-order valence-electron chi connectivity index (χ0n) is 6.23. The summed E-state index contributed by atoms with van der Waals surface area (Å²) in [5.74, 6) is -0.916. The molecule has 0 heterocycles. The molecule has 0 atom stereocenters. The summed E-state index contributed by atoms with van der Waals surface area (Å²) in [6, 6.07) is 0. The van der Waals surface area contributed by atoms with E-state index in [1.807, 2.05) is 0 Å². The lowest BCUT2D eigenvalue weighted by atomic mass is 10.1. The third-order valence-corrected chi connectivity index (χ3v) is 1.57. The first-order valence-corrected chi connectivity index (χ1v) is 3.48. The molecule has 66 valence electrons. The number of rotatable bonds is 4. The van der Waals surface area contributed by atoms with E-state index < -0.39 is 10.7 Å². The predicted octanol–water partition coefficient (Wildman–Crippen LogP) is 2.08. The summed E-state index contributed by atoms with van der Waals surface area (Å²) in [4.78, 5) is 19.9. The smallest absolute Gasteiger partial charge is 0.304 e. The average molecular weight is 200 g/mol. The minimum absolute atomic E-state index is 0. The highest BCUT2D eigenvalue weighted by Gasteiger charge is 2.23. The molecule has 0 aromatic carbocycles. The molecule has 4 nitrogen and oxygen atoms in total. The first-order valence-electron chi connectivity index (χ1n) is 2.70. The van der Waals surface area contributed by atoms with Crippen LogP contribution >= 0.6 is 24.4 Å². The van der Waals surface area contributed by atoms with Gasteiger partial charge < -0.3 is 5.11 Å². The molecule has 0 aliphatic carbocycles. The van der Waals surface area contributed by atoms with Crippen molar-refractivity contribution in [2.24, 2.45) is 4.58 Å². The van der Waals surface area contributed by atoms with Gasteiger partial charge in [-0.3, -0.25) is 4.79 Å². The van der Waals surface area contributed by atoms with Gasteiger partial charge in [0.25, 0.3) is 0 Å². The van der Waals surface area contributed by atoms with Gasteiger partial charge in [0, 0.05) is 21.3 Å². The quantitative estimate of drug-likeness (QED) is 0.556. The fourth-order valence-electron chi connectivity index (χ4n) is 0.497. The molecule has 0 amide bonds. The van der Waals surface area contributed by atoms with Crippen molar-refractivity contribution in [1.82, 2.24) is 0 Å². The van der Waals surface area contributed by atoms with Crippen molar-refractivity contribution < 1.29 is 9.90 Å². The Balaban J connectivity index is 0. The Morgan fingerprint density at radius 2 is 2.09 bits per heavy atom. The number of halogens is 1. The second-order valence-corrected chi connectivity index (χ2v) is 3.93. The number of carbonyl (C=O) groups is 1. The van der Waals surface area contributed by atoms with Crippen LogP contribution in [0.1, 0.15) is 20.3 Å². The third kappa shape index (κ3) is 7.61. The number of hydrogen-bond donors (Lipinski definition) is 1. The summed E-state index contributed by atoms with van der Waals surface area (Å²) >= 11 is 0.751. The van der Waals surface area contributed by atoms with Gasteiger partial charge in [-0.2, -0.15) is 0 Å². The van der Waals surface area contributed by atoms with Gasteiger partial charge in [0.15, 0.2) is 0 Å². The highest BCUT2D eigenvalue weighted by molar-refractivity contribution is 7.99. The highest BCUT2D eigenvalue weighted by atomic mass is 35.5. The zero-order valence-corrected chi connectivity index (χ0v) is 7.87. The third-order valence-electron chi connectivity index (χ3n) is 0.861. The Morgan fingerprint density at radius 3 is 2.36 bits per heavy atom. The van der Waals surface area contributed by atoms with Crippen LogP contribution < -0.4 is 0 Å². The van der Waals surface area contributed by atoms with Gasteiger partial charge in [0.05, 0.1) is 6.42 Å². The van der Waals surface area contributed by atoms with Gasteiger partial charge in [-0.1, -0.05) is 0 Å². The number of hydrogen-bond acceptors (Lipinski definition) is 4. The minimum atomic E-state index is -0.916. The van der Waals surface area contributed by atoms with Crippen LogP contribution in [0.3, 0.4) is 0 Å². The SMILES string of the molecule is CC(C)(CC(=O)O)SN=O.Cl. The molecule has 0 bridgehead atoms. The summed E-state index contributed by atoms with van der Waals surface area (Å²) < 4.78 is 1.97. The molecule has 0 rings (SSSR count). The van der Waals surface area contributed by atoms with Crippen LogP contribution in [0.15, 0.2) is 4.58 Å². The summed E-state index contributed by atoms with van der Waals surface area (Å²) in [5, 5.41) is 8.32. The van der Waals surface area contributed by atoms with Crippen molar-refractivity contribution in [3.8, 4) is 0 Å². The van der Waals surface area contributed by atoms with Crippen molar-refractivity contribution in [2.75, 3.05) is 0 Å². The van der Waals surface area contributed by atoms with E-state index in [0.717, 1.165) is 11.9 Å². The number of nitroso groups, excluding NO2 is 1. The molecule has 0 aromatic heterocycles. The van der Waals surface area contributed by atoms with Crippen LogP contribution in [-0.2, 0) is 4.79 Å². The van der Waals surface area contributed by atoms with E-state index in [2.05, 4.69) is 4.58 Å². The summed E-state index contributed by atoms with van der Waals surface area (Å²) in [7, 11) is 0. The minimum Gasteiger partial charge on any atom is -0.481 e. The van der Waals surface area contributed by atoms with Crippen molar-refractivity contribution in [2.45, 2.75) is 25.0 Å². The van der Waals surface area contributed by atoms with Gasteiger partial charge in [-0.15, -0.1) is 17.3 Å². The molecule has 0 radical (unpaired) electrons. The predicted molar refractivity (Wildman–Crippen MR) is 47.0 cm³/mol. The first kappa shape index (κ1) is 13.3. The monoisotopic (exact) mass is 199 g/mol. The van der Waals surface area contributed by atoms with Crippen LogP contribution in [0.4, 0.5) is 0 Å². The van der Waals surface area contributed by atoms with Crippen molar-refractivity contribution in [3.63, 3.8) is 0 Å². The molecule has 0 unspecified atom stereocenters. The number of carboxylic acid groups (broad SMARTS) is 1. The molecule has 11 heavy (non-hydrogen) atoms. The highest BCUT2D eigenvalue weighted by Crippen LogP contribution is 2.28. The van der Waals surface area contributed by atoms with E-state index >= 15 is 0 Å². The first-order chi connectivity index (χ1) is 4.48. The lowest BCUT2D eigenvalue weighted by molar-refractivity contribution is -0.137. The summed E-state index contributed by atoms with van der Waals surface area (Å²) in [6.07, 6.45) is -0.0522. The van der Waals surface area contributed by atoms with Crippen LogP contribution in [-0.4, -0.2) is 15.8 Å². The van der Waals surface area contributed by atoms with E-state index in [-0.39, 0.29) is 18.8 Å². The molecule has 0 spiro atoms. The topological polar surface area (TPSA) is 66.7 Å². The van der Waals surface area contributed by atoms with Crippen LogP contribution in [0.25, 0.3) is 0 Å². The average Bonchev–Trinajstić information content (AvgIpc) is 1.59. The Hall–Kier alpha value is -0.290.